The molecule has 4 aliphatic carbocycles. The van der Waals surface area contributed by atoms with E-state index < -0.39 is 29.9 Å². The molecule has 0 aromatic heterocycles. The molecule has 0 radical (unpaired) electrons. The molecule has 0 aromatic carbocycles. The van der Waals surface area contributed by atoms with E-state index in [-0.39, 0.29) is 39.4 Å². The molecule has 0 spiro atoms. The first-order valence-electron chi connectivity index (χ1n) is 14.8. The summed E-state index contributed by atoms with van der Waals surface area (Å²) in [6, 6.07) is 0. The first-order valence-corrected chi connectivity index (χ1v) is 14.8. The van der Waals surface area contributed by atoms with Gasteiger partial charge in [0, 0.05) is 18.8 Å². The summed E-state index contributed by atoms with van der Waals surface area (Å²) in [6.45, 7) is 17.9. The van der Waals surface area contributed by atoms with Crippen LogP contribution in [0.2, 0.25) is 0 Å². The first kappa shape index (κ1) is 29.7. The van der Waals surface area contributed by atoms with Gasteiger partial charge in [-0.05, 0) is 92.8 Å². The number of aliphatic hydroxyl groups is 3. The topological polar surface area (TPSA) is 104 Å². The first-order chi connectivity index (χ1) is 17.3. The minimum absolute atomic E-state index is 0.0349. The van der Waals surface area contributed by atoms with Gasteiger partial charge in [0.25, 0.3) is 0 Å². The summed E-state index contributed by atoms with van der Waals surface area (Å²) >= 11 is 0. The molecule has 4 rings (SSSR count). The van der Waals surface area contributed by atoms with Crippen LogP contribution in [0.1, 0.15) is 114 Å². The van der Waals surface area contributed by atoms with Crippen molar-refractivity contribution in [1.82, 2.24) is 0 Å². The molecule has 3 saturated carbocycles. The van der Waals surface area contributed by atoms with Crippen molar-refractivity contribution in [2.24, 2.45) is 39.4 Å². The number of Topliss-reactive ketones (excluding diaryl/α,β-unsaturated/α-hetero) is 1. The third-order valence-electron chi connectivity index (χ3n) is 12.2. The van der Waals surface area contributed by atoms with E-state index in [1.54, 1.807) is 13.8 Å². The second-order valence-corrected chi connectivity index (χ2v) is 15.1. The molecule has 0 amide bonds. The van der Waals surface area contributed by atoms with E-state index in [0.29, 0.717) is 25.0 Å². The molecule has 0 aliphatic heterocycles. The molecule has 3 N–H and O–H groups in total. The average molecular weight is 533 g/mol. The zero-order valence-corrected chi connectivity index (χ0v) is 25.2. The molecule has 9 unspecified atom stereocenters. The quantitative estimate of drug-likeness (QED) is 0.314. The SMILES string of the molecule is CC(=O)OC(C(O)CC(C)C1=C2CC(O)C3C4(C)CCC(=O)C(C)(C)C4CCC3(C)C2(C)CC1)C(C)(C)O. The van der Waals surface area contributed by atoms with Crippen molar-refractivity contribution in [2.75, 3.05) is 0 Å². The van der Waals surface area contributed by atoms with E-state index >= 15 is 0 Å². The van der Waals surface area contributed by atoms with E-state index in [4.69, 9.17) is 4.74 Å². The smallest absolute Gasteiger partial charge is 0.303 e. The standard InChI is InChI=1S/C32H52O6/c1-18(16-23(35)27(29(5,6)37)38-19(2)33)20-10-14-31(8)21(20)17-22(34)26-30(7)13-12-25(36)28(3,4)24(30)11-15-32(26,31)9/h18,22-24,26-27,34-35,37H,10-17H2,1-9H3. The summed E-state index contributed by atoms with van der Waals surface area (Å²) in [5, 5.41) is 33.5. The minimum Gasteiger partial charge on any atom is -0.457 e. The van der Waals surface area contributed by atoms with Gasteiger partial charge in [0.1, 0.15) is 5.78 Å². The van der Waals surface area contributed by atoms with Crippen molar-refractivity contribution < 1.29 is 29.6 Å². The molecular weight excluding hydrogens is 480 g/mol. The van der Waals surface area contributed by atoms with Crippen LogP contribution in [-0.2, 0) is 14.3 Å². The number of aliphatic hydroxyl groups excluding tert-OH is 2. The van der Waals surface area contributed by atoms with Crippen LogP contribution in [0.3, 0.4) is 0 Å². The Balaban J connectivity index is 1.66. The van der Waals surface area contributed by atoms with Gasteiger partial charge in [0.05, 0.1) is 17.8 Å². The second kappa shape index (κ2) is 9.41. The van der Waals surface area contributed by atoms with Gasteiger partial charge in [-0.3, -0.25) is 9.59 Å². The third-order valence-corrected chi connectivity index (χ3v) is 12.2. The average Bonchev–Trinajstić information content (AvgIpc) is 3.12. The number of carbonyl (C=O) groups excluding carboxylic acids is 2. The van der Waals surface area contributed by atoms with Crippen molar-refractivity contribution in [3.63, 3.8) is 0 Å². The molecule has 0 heterocycles. The van der Waals surface area contributed by atoms with Crippen LogP contribution in [0.4, 0.5) is 0 Å². The number of fused-ring (bicyclic) bond motifs is 5. The Morgan fingerprint density at radius 2 is 1.74 bits per heavy atom. The van der Waals surface area contributed by atoms with Crippen LogP contribution in [0.5, 0.6) is 0 Å². The Kier molecular flexibility index (Phi) is 7.36. The Morgan fingerprint density at radius 3 is 2.32 bits per heavy atom. The fraction of sp³-hybridized carbons (Fsp3) is 0.875. The Morgan fingerprint density at radius 1 is 1.11 bits per heavy atom. The number of rotatable bonds is 6. The van der Waals surface area contributed by atoms with Crippen molar-refractivity contribution in [3.05, 3.63) is 11.1 Å². The maximum atomic E-state index is 12.9. The highest BCUT2D eigenvalue weighted by atomic mass is 16.6. The number of ether oxygens (including phenoxy) is 1. The maximum Gasteiger partial charge on any atom is 0.303 e. The van der Waals surface area contributed by atoms with Crippen molar-refractivity contribution in [2.45, 2.75) is 138 Å². The van der Waals surface area contributed by atoms with Crippen LogP contribution >= 0.6 is 0 Å². The van der Waals surface area contributed by atoms with Gasteiger partial charge in [0.2, 0.25) is 0 Å². The number of hydrogen-bond donors (Lipinski definition) is 3. The highest BCUT2D eigenvalue weighted by Gasteiger charge is 2.69. The zero-order chi connectivity index (χ0) is 28.6. The van der Waals surface area contributed by atoms with E-state index in [0.717, 1.165) is 32.1 Å². The molecule has 3 fully saturated rings. The predicted molar refractivity (Wildman–Crippen MR) is 147 cm³/mol. The van der Waals surface area contributed by atoms with E-state index in [2.05, 4.69) is 41.5 Å². The molecule has 6 nitrogen and oxygen atoms in total. The van der Waals surface area contributed by atoms with Crippen LogP contribution < -0.4 is 0 Å². The molecule has 6 heteroatoms. The lowest BCUT2D eigenvalue weighted by molar-refractivity contribution is -0.208. The molecule has 0 aromatic rings. The third kappa shape index (κ3) is 4.32. The zero-order valence-electron chi connectivity index (χ0n) is 25.2. The minimum atomic E-state index is -1.36. The van der Waals surface area contributed by atoms with E-state index in [1.165, 1.54) is 18.1 Å². The van der Waals surface area contributed by atoms with Gasteiger partial charge in [-0.1, -0.05) is 52.7 Å². The van der Waals surface area contributed by atoms with E-state index in [1.807, 2.05) is 0 Å². The largest absolute Gasteiger partial charge is 0.457 e. The van der Waals surface area contributed by atoms with Crippen molar-refractivity contribution in [1.29, 1.82) is 0 Å². The fourth-order valence-electron chi connectivity index (χ4n) is 10.2. The van der Waals surface area contributed by atoms with E-state index in [9.17, 15) is 24.9 Å². The number of allylic oxidation sites excluding steroid dienone is 1. The maximum absolute atomic E-state index is 12.9. The predicted octanol–water partition coefficient (Wildman–Crippen LogP) is 5.37. The van der Waals surface area contributed by atoms with Crippen LogP contribution in [0.25, 0.3) is 0 Å². The molecule has 0 bridgehead atoms. The molecule has 0 saturated heterocycles. The van der Waals surface area contributed by atoms with Crippen LogP contribution in [-0.4, -0.2) is 51.0 Å². The van der Waals surface area contributed by atoms with Crippen molar-refractivity contribution in [3.8, 4) is 0 Å². The lowest BCUT2D eigenvalue weighted by Gasteiger charge is -2.69. The summed E-state index contributed by atoms with van der Waals surface area (Å²) in [7, 11) is 0. The van der Waals surface area contributed by atoms with Crippen molar-refractivity contribution >= 4 is 11.8 Å². The Bertz CT molecular complexity index is 1010. The summed E-state index contributed by atoms with van der Waals surface area (Å²) in [5.41, 5.74) is 0.754. The summed E-state index contributed by atoms with van der Waals surface area (Å²) in [4.78, 5) is 24.6. The van der Waals surface area contributed by atoms with Gasteiger partial charge in [-0.25, -0.2) is 0 Å². The summed E-state index contributed by atoms with van der Waals surface area (Å²) in [5.74, 6) is 0.305. The Labute approximate surface area is 229 Å². The second-order valence-electron chi connectivity index (χ2n) is 15.1. The summed E-state index contributed by atoms with van der Waals surface area (Å²) in [6.07, 6.45) is 3.98. The fourth-order valence-corrected chi connectivity index (χ4v) is 10.2. The van der Waals surface area contributed by atoms with Gasteiger partial charge in [-0.15, -0.1) is 0 Å². The van der Waals surface area contributed by atoms with Gasteiger partial charge in [-0.2, -0.15) is 0 Å². The molecule has 4 aliphatic rings. The lowest BCUT2D eigenvalue weighted by atomic mass is 9.36. The molecule has 216 valence electrons. The van der Waals surface area contributed by atoms with Gasteiger partial charge >= 0.3 is 5.97 Å². The van der Waals surface area contributed by atoms with Crippen LogP contribution in [0, 0.1) is 39.4 Å². The lowest BCUT2D eigenvalue weighted by Crippen LogP contribution is -2.65. The number of ketones is 1. The van der Waals surface area contributed by atoms with Gasteiger partial charge < -0.3 is 20.1 Å². The number of hydrogen-bond acceptors (Lipinski definition) is 6. The highest BCUT2D eigenvalue weighted by molar-refractivity contribution is 5.85. The normalized spacial score (nSPS) is 41.1. The summed E-state index contributed by atoms with van der Waals surface area (Å²) < 4.78 is 5.34. The number of carbonyl (C=O) groups is 2. The van der Waals surface area contributed by atoms with Gasteiger partial charge in [0.15, 0.2) is 6.10 Å². The molecule has 38 heavy (non-hydrogen) atoms. The molecule has 9 atom stereocenters. The molecular formula is C32H52O6. The highest BCUT2D eigenvalue weighted by Crippen LogP contribution is 2.74. The number of esters is 1. The Hall–Kier alpha value is -1.24. The van der Waals surface area contributed by atoms with Crippen LogP contribution in [0.15, 0.2) is 11.1 Å². The monoisotopic (exact) mass is 532 g/mol.